The number of amides is 1. The molecule has 4 heteroatoms. The zero-order valence-corrected chi connectivity index (χ0v) is 6.00. The molecule has 0 heterocycles. The maximum atomic E-state index is 10.7. The topological polar surface area (TPSA) is 70.1 Å². The van der Waals surface area contributed by atoms with Crippen LogP contribution in [0.5, 0.6) is 0 Å². The third-order valence-corrected chi connectivity index (χ3v) is 1.12. The van der Waals surface area contributed by atoms with Crippen molar-refractivity contribution in [3.63, 3.8) is 0 Å². The quantitative estimate of drug-likeness (QED) is 0.203. The van der Waals surface area contributed by atoms with Gasteiger partial charge in [-0.3, -0.25) is 4.79 Å². The van der Waals surface area contributed by atoms with Crippen LogP contribution in [0.25, 0.3) is 0 Å². The van der Waals surface area contributed by atoms with Crippen LogP contribution in [0.2, 0.25) is 0 Å². The van der Waals surface area contributed by atoms with Gasteiger partial charge in [-0.25, -0.2) is 5.84 Å². The minimum Gasteiger partial charge on any atom is -0.272 e. The summed E-state index contributed by atoms with van der Waals surface area (Å²) >= 11 is 0. The zero-order valence-electron chi connectivity index (χ0n) is 6.00. The fourth-order valence-corrected chi connectivity index (χ4v) is 0.504. The van der Waals surface area contributed by atoms with Crippen molar-refractivity contribution in [1.82, 2.24) is 5.01 Å². The van der Waals surface area contributed by atoms with E-state index in [0.717, 1.165) is 12.8 Å². The van der Waals surface area contributed by atoms with E-state index in [1.54, 1.807) is 0 Å². The van der Waals surface area contributed by atoms with Gasteiger partial charge in [0.2, 0.25) is 12.1 Å². The Balaban J connectivity index is 3.54. The molecule has 0 aromatic carbocycles. The smallest absolute Gasteiger partial charge is 0.250 e. The largest absolute Gasteiger partial charge is 0.272 e. The molecule has 0 aromatic heterocycles. The molecule has 0 radical (unpaired) electrons. The zero-order chi connectivity index (χ0) is 7.98. The molecule has 0 aliphatic carbocycles. The van der Waals surface area contributed by atoms with Crippen molar-refractivity contribution in [1.29, 1.82) is 5.26 Å². The van der Waals surface area contributed by atoms with Gasteiger partial charge in [0.15, 0.2) is 0 Å². The second kappa shape index (κ2) is 4.77. The molecule has 0 fully saturated rings. The van der Waals surface area contributed by atoms with Crippen LogP contribution >= 0.6 is 0 Å². The Morgan fingerprint density at radius 2 is 2.40 bits per heavy atom. The van der Waals surface area contributed by atoms with Crippen molar-refractivity contribution < 1.29 is 4.79 Å². The van der Waals surface area contributed by atoms with Crippen molar-refractivity contribution >= 4 is 5.91 Å². The number of hydrogen-bond acceptors (Lipinski definition) is 3. The minimum atomic E-state index is -0.315. The summed E-state index contributed by atoms with van der Waals surface area (Å²) in [5.41, 5.74) is 0. The molecule has 0 bridgehead atoms. The molecule has 0 aromatic rings. The molecule has 2 N–H and O–H groups in total. The standard InChI is InChI=1S/C6H11N3O/c1-2-3-4-6(10)9(8)5-7/h2-4,8H2,1H3. The Kier molecular flexibility index (Phi) is 4.25. The van der Waals surface area contributed by atoms with Crippen molar-refractivity contribution in [2.24, 2.45) is 5.84 Å². The minimum absolute atomic E-state index is 0.315. The number of nitrogens with zero attached hydrogens (tertiary/aromatic N) is 2. The van der Waals surface area contributed by atoms with Crippen molar-refractivity contribution in [2.75, 3.05) is 0 Å². The third kappa shape index (κ3) is 3.05. The van der Waals surface area contributed by atoms with E-state index in [0.29, 0.717) is 11.4 Å². The van der Waals surface area contributed by atoms with Gasteiger partial charge in [0.05, 0.1) is 0 Å². The lowest BCUT2D eigenvalue weighted by Gasteiger charge is -2.03. The highest BCUT2D eigenvalue weighted by molar-refractivity contribution is 5.76. The molecular weight excluding hydrogens is 130 g/mol. The maximum Gasteiger partial charge on any atom is 0.250 e. The van der Waals surface area contributed by atoms with Crippen LogP contribution < -0.4 is 5.84 Å². The summed E-state index contributed by atoms with van der Waals surface area (Å²) in [6.07, 6.45) is 3.62. The first-order valence-electron chi connectivity index (χ1n) is 3.19. The van der Waals surface area contributed by atoms with E-state index in [1.165, 1.54) is 6.19 Å². The van der Waals surface area contributed by atoms with Crippen molar-refractivity contribution in [3.05, 3.63) is 0 Å². The molecule has 0 unspecified atom stereocenters. The third-order valence-electron chi connectivity index (χ3n) is 1.12. The maximum absolute atomic E-state index is 10.7. The lowest BCUT2D eigenvalue weighted by atomic mass is 10.2. The number of carbonyl (C=O) groups excluding carboxylic acids is 1. The number of rotatable bonds is 3. The van der Waals surface area contributed by atoms with E-state index >= 15 is 0 Å². The Morgan fingerprint density at radius 3 is 2.80 bits per heavy atom. The molecule has 0 atom stereocenters. The van der Waals surface area contributed by atoms with Crippen LogP contribution in [-0.4, -0.2) is 10.9 Å². The van der Waals surface area contributed by atoms with Crippen LogP contribution in [0, 0.1) is 11.5 Å². The number of nitriles is 1. The van der Waals surface area contributed by atoms with E-state index in [1.807, 2.05) is 6.92 Å². The fourth-order valence-electron chi connectivity index (χ4n) is 0.504. The SMILES string of the molecule is CCCCC(=O)N(N)C#N. The first-order valence-corrected chi connectivity index (χ1v) is 3.19. The summed E-state index contributed by atoms with van der Waals surface area (Å²) in [7, 11) is 0. The lowest BCUT2D eigenvalue weighted by molar-refractivity contribution is -0.128. The molecule has 0 aliphatic heterocycles. The molecule has 10 heavy (non-hydrogen) atoms. The number of hydrogen-bond donors (Lipinski definition) is 1. The number of carbonyl (C=O) groups is 1. The average Bonchev–Trinajstić information content (AvgIpc) is 1.98. The molecular formula is C6H11N3O. The summed E-state index contributed by atoms with van der Waals surface area (Å²) in [5, 5.41) is 8.70. The van der Waals surface area contributed by atoms with Gasteiger partial charge < -0.3 is 0 Å². The summed E-state index contributed by atoms with van der Waals surface area (Å²) < 4.78 is 0. The number of unbranched alkanes of at least 4 members (excludes halogenated alkanes) is 1. The van der Waals surface area contributed by atoms with Gasteiger partial charge in [-0.1, -0.05) is 13.3 Å². The summed E-state index contributed by atoms with van der Waals surface area (Å²) in [4.78, 5) is 10.7. The molecule has 0 spiro atoms. The second-order valence-corrected chi connectivity index (χ2v) is 1.97. The highest BCUT2D eigenvalue weighted by Crippen LogP contribution is 1.95. The molecule has 1 amide bonds. The first-order chi connectivity index (χ1) is 4.72. The van der Waals surface area contributed by atoms with Crippen LogP contribution in [0.3, 0.4) is 0 Å². The van der Waals surface area contributed by atoms with Gasteiger partial charge in [-0.15, -0.1) is 0 Å². The van der Waals surface area contributed by atoms with E-state index in [2.05, 4.69) is 0 Å². The lowest BCUT2D eigenvalue weighted by Crippen LogP contribution is -2.32. The van der Waals surface area contributed by atoms with Gasteiger partial charge in [0, 0.05) is 6.42 Å². The average molecular weight is 141 g/mol. The van der Waals surface area contributed by atoms with Crippen molar-refractivity contribution in [3.8, 4) is 6.19 Å². The molecule has 56 valence electrons. The van der Waals surface area contributed by atoms with E-state index in [9.17, 15) is 4.79 Å². The van der Waals surface area contributed by atoms with Crippen LogP contribution in [0.15, 0.2) is 0 Å². The van der Waals surface area contributed by atoms with Crippen LogP contribution in [-0.2, 0) is 4.79 Å². The molecule has 4 nitrogen and oxygen atoms in total. The van der Waals surface area contributed by atoms with Gasteiger partial charge in [0.25, 0.3) is 0 Å². The van der Waals surface area contributed by atoms with Gasteiger partial charge in [-0.05, 0) is 6.42 Å². The molecule has 0 saturated carbocycles. The van der Waals surface area contributed by atoms with Gasteiger partial charge in [-0.2, -0.15) is 10.3 Å². The number of nitrogens with two attached hydrogens (primary N) is 1. The second-order valence-electron chi connectivity index (χ2n) is 1.97. The highest BCUT2D eigenvalue weighted by Gasteiger charge is 2.05. The fraction of sp³-hybridized carbons (Fsp3) is 0.667. The van der Waals surface area contributed by atoms with Gasteiger partial charge in [0.1, 0.15) is 0 Å². The predicted molar refractivity (Wildman–Crippen MR) is 36.2 cm³/mol. The Morgan fingerprint density at radius 1 is 1.80 bits per heavy atom. The van der Waals surface area contributed by atoms with E-state index < -0.39 is 0 Å². The Bertz CT molecular complexity index is 150. The van der Waals surface area contributed by atoms with Crippen LogP contribution in [0.4, 0.5) is 0 Å². The molecule has 0 aliphatic rings. The Hall–Kier alpha value is -1.08. The van der Waals surface area contributed by atoms with Gasteiger partial charge >= 0.3 is 0 Å². The monoisotopic (exact) mass is 141 g/mol. The Labute approximate surface area is 60.2 Å². The normalized spacial score (nSPS) is 8.50. The summed E-state index contributed by atoms with van der Waals surface area (Å²) in [5.74, 6) is 4.66. The van der Waals surface area contributed by atoms with E-state index in [-0.39, 0.29) is 5.91 Å². The van der Waals surface area contributed by atoms with E-state index in [4.69, 9.17) is 11.1 Å². The summed E-state index contributed by atoms with van der Waals surface area (Å²) in [6.45, 7) is 1.97. The highest BCUT2D eigenvalue weighted by atomic mass is 16.2. The van der Waals surface area contributed by atoms with Crippen molar-refractivity contribution in [2.45, 2.75) is 26.2 Å². The first kappa shape index (κ1) is 8.92. The molecule has 0 rings (SSSR count). The predicted octanol–water partition coefficient (Wildman–Crippen LogP) is 0.360. The number of hydrazine groups is 1. The molecule has 0 saturated heterocycles. The van der Waals surface area contributed by atoms with Crippen LogP contribution in [0.1, 0.15) is 26.2 Å². The summed E-state index contributed by atoms with van der Waals surface area (Å²) in [6, 6.07) is 0.